The number of rotatable bonds is 5. The van der Waals surface area contributed by atoms with Gasteiger partial charge in [-0.25, -0.2) is 13.2 Å². The fraction of sp³-hybridized carbons (Fsp3) is 0.522. The first-order chi connectivity index (χ1) is 17.9. The van der Waals surface area contributed by atoms with Crippen molar-refractivity contribution < 1.29 is 66.8 Å². The molecule has 0 radical (unpaired) electrons. The first-order valence-corrected chi connectivity index (χ1v) is 14.1. The normalized spacial score (nSPS) is 19.1. The van der Waals surface area contributed by atoms with E-state index in [9.17, 15) is 57.3 Å². The third-order valence-corrected chi connectivity index (χ3v) is 8.58. The quantitative estimate of drug-likeness (QED) is 0.162. The molecular weight excluding hydrogens is 607 g/mol. The molecule has 6 nitrogen and oxygen atoms in total. The van der Waals surface area contributed by atoms with Gasteiger partial charge in [-0.1, -0.05) is 30.3 Å². The molecule has 0 aromatic heterocycles. The molecule has 3 rings (SSSR count). The van der Waals surface area contributed by atoms with Gasteiger partial charge in [0.25, 0.3) is 0 Å². The van der Waals surface area contributed by atoms with Crippen LogP contribution >= 0.6 is 0 Å². The summed E-state index contributed by atoms with van der Waals surface area (Å²) in [5, 5.41) is -4.52. The molecule has 2 aromatic rings. The number of ether oxygens (including phenoxy) is 2. The predicted molar refractivity (Wildman–Crippen MR) is 126 cm³/mol. The largest absolute Gasteiger partial charge is 0.743 e. The average molecular weight is 631 g/mol. The lowest BCUT2D eigenvalue weighted by atomic mass is 10.1. The van der Waals surface area contributed by atoms with Gasteiger partial charge >= 0.3 is 29.4 Å². The van der Waals surface area contributed by atoms with Crippen LogP contribution in [0, 0.1) is 0 Å². The van der Waals surface area contributed by atoms with Crippen molar-refractivity contribution in [2.75, 3.05) is 11.5 Å². The molecule has 226 valence electrons. The molecule has 1 heterocycles. The molecule has 0 spiro atoms. The zero-order valence-corrected chi connectivity index (χ0v) is 22.5. The van der Waals surface area contributed by atoms with Gasteiger partial charge in [-0.3, -0.25) is 0 Å². The molecule has 2 atom stereocenters. The van der Waals surface area contributed by atoms with E-state index in [-0.39, 0.29) is 17.0 Å². The predicted octanol–water partition coefficient (Wildman–Crippen LogP) is 6.50. The van der Waals surface area contributed by atoms with E-state index in [4.69, 9.17) is 9.47 Å². The third kappa shape index (κ3) is 7.26. The van der Waals surface area contributed by atoms with Gasteiger partial charge in [0, 0.05) is 22.7 Å². The Morgan fingerprint density at radius 1 is 0.900 bits per heavy atom. The Hall–Kier alpha value is -2.40. The summed E-state index contributed by atoms with van der Waals surface area (Å²) in [5.74, 6) is -12.9. The molecule has 0 amide bonds. The molecule has 0 bridgehead atoms. The summed E-state index contributed by atoms with van der Waals surface area (Å²) in [6.07, 6.45) is -6.84. The van der Waals surface area contributed by atoms with E-state index < -0.39 is 45.2 Å². The number of carbonyl (C=O) groups excluding carboxylic acids is 1. The maximum absolute atomic E-state index is 12.2. The molecule has 1 aliphatic heterocycles. The second-order valence-electron chi connectivity index (χ2n) is 9.45. The summed E-state index contributed by atoms with van der Waals surface area (Å²) in [7, 11) is -7.28. The number of hydrogen-bond donors (Lipinski definition) is 0. The minimum atomic E-state index is -7.43. The van der Waals surface area contributed by atoms with Crippen molar-refractivity contribution in [3.05, 3.63) is 42.5 Å². The Bertz CT molecular complexity index is 1300. The maximum Gasteiger partial charge on any atom is 0.509 e. The van der Waals surface area contributed by atoms with Gasteiger partial charge in [0.2, 0.25) is 0 Å². The number of alkyl halides is 9. The minimum absolute atomic E-state index is 0.0350. The molecule has 0 aliphatic carbocycles. The van der Waals surface area contributed by atoms with Crippen molar-refractivity contribution in [2.45, 2.75) is 67.1 Å². The van der Waals surface area contributed by atoms with Gasteiger partial charge in [0.1, 0.15) is 11.4 Å². The van der Waals surface area contributed by atoms with Crippen LogP contribution in [0.25, 0.3) is 10.8 Å². The lowest BCUT2D eigenvalue weighted by molar-refractivity contribution is -0.382. The van der Waals surface area contributed by atoms with Crippen LogP contribution in [0.15, 0.2) is 47.4 Å². The summed E-state index contributed by atoms with van der Waals surface area (Å²) in [6, 6.07) is 15.0. The highest BCUT2D eigenvalue weighted by Gasteiger charge is 2.83. The summed E-state index contributed by atoms with van der Waals surface area (Å²) in [5.41, 5.74) is -0.507. The topological polar surface area (TPSA) is 92.7 Å². The third-order valence-electron chi connectivity index (χ3n) is 5.22. The number of hydrogen-bond acceptors (Lipinski definition) is 6. The standard InChI is InChI=1S/C19H23O3S.C4HF9O3S/c1-19(2,3)22-18(20)21-15-11-12-23(13-15)17-10-6-8-14-7-4-5-9-16(14)17;5-1(6,3(9,10)11)2(7,8)4(12,13)17(14,15)16/h4-10,15H,11-13H2,1-3H3;(H,14,15,16)/q+1;/p-1. The lowest BCUT2D eigenvalue weighted by Crippen LogP contribution is -2.63. The molecule has 0 saturated carbocycles. The van der Waals surface area contributed by atoms with Crippen LogP contribution in [-0.4, -0.2) is 65.6 Å². The van der Waals surface area contributed by atoms with E-state index in [2.05, 4.69) is 42.5 Å². The molecule has 1 aliphatic rings. The van der Waals surface area contributed by atoms with Crippen molar-refractivity contribution in [3.63, 3.8) is 0 Å². The Morgan fingerprint density at radius 3 is 1.98 bits per heavy atom. The van der Waals surface area contributed by atoms with Crippen molar-refractivity contribution in [1.82, 2.24) is 0 Å². The maximum atomic E-state index is 12.2. The van der Waals surface area contributed by atoms with E-state index in [0.717, 1.165) is 17.9 Å². The van der Waals surface area contributed by atoms with Gasteiger partial charge in [-0.2, -0.15) is 39.5 Å². The highest BCUT2D eigenvalue weighted by atomic mass is 32.2. The molecule has 0 N–H and O–H groups in total. The van der Waals surface area contributed by atoms with Crippen LogP contribution in [0.1, 0.15) is 27.2 Å². The van der Waals surface area contributed by atoms with Crippen molar-refractivity contribution >= 4 is 37.9 Å². The Balaban J connectivity index is 0.000000296. The lowest BCUT2D eigenvalue weighted by Gasteiger charge is -2.34. The Labute approximate surface area is 225 Å². The monoisotopic (exact) mass is 630 g/mol. The first-order valence-electron chi connectivity index (χ1n) is 11.1. The summed E-state index contributed by atoms with van der Waals surface area (Å²) in [6.45, 7) is 5.55. The van der Waals surface area contributed by atoms with E-state index in [1.54, 1.807) is 0 Å². The van der Waals surface area contributed by atoms with Gasteiger partial charge < -0.3 is 14.0 Å². The van der Waals surface area contributed by atoms with E-state index >= 15 is 0 Å². The number of carbonyl (C=O) groups is 1. The highest BCUT2D eigenvalue weighted by molar-refractivity contribution is 7.97. The van der Waals surface area contributed by atoms with Crippen molar-refractivity contribution in [1.29, 1.82) is 0 Å². The molecule has 17 heteroatoms. The van der Waals surface area contributed by atoms with Crippen molar-refractivity contribution in [2.24, 2.45) is 0 Å². The van der Waals surface area contributed by atoms with Crippen LogP contribution in [0.3, 0.4) is 0 Å². The molecule has 2 unspecified atom stereocenters. The SMILES string of the molecule is CC(C)(C)OC(=O)OC1CC[S+](c2cccc3ccccc23)C1.O=S(=O)([O-])C(F)(F)C(F)(F)C(F)(F)C(F)(F)F. The van der Waals surface area contributed by atoms with Gasteiger partial charge in [-0.05, 0) is 38.3 Å². The molecule has 2 aromatic carbocycles. The van der Waals surface area contributed by atoms with Gasteiger partial charge in [0.05, 0.1) is 0 Å². The molecule has 1 saturated heterocycles. The fourth-order valence-corrected chi connectivity index (χ4v) is 6.34. The van der Waals surface area contributed by atoms with E-state index in [1.807, 2.05) is 20.8 Å². The minimum Gasteiger partial charge on any atom is -0.743 e. The van der Waals surface area contributed by atoms with Crippen LogP contribution in [0.2, 0.25) is 0 Å². The zero-order chi connectivity index (χ0) is 30.9. The molecule has 1 fully saturated rings. The smallest absolute Gasteiger partial charge is 0.509 e. The van der Waals surface area contributed by atoms with Gasteiger partial charge in [-0.15, -0.1) is 0 Å². The van der Waals surface area contributed by atoms with Crippen LogP contribution in [0.4, 0.5) is 44.3 Å². The van der Waals surface area contributed by atoms with Crippen LogP contribution < -0.4 is 0 Å². The van der Waals surface area contributed by atoms with E-state index in [0.29, 0.717) is 0 Å². The number of fused-ring (bicyclic) bond motifs is 1. The zero-order valence-electron chi connectivity index (χ0n) is 20.9. The van der Waals surface area contributed by atoms with Crippen LogP contribution in [-0.2, 0) is 30.5 Å². The Morgan fingerprint density at radius 2 is 1.45 bits per heavy atom. The van der Waals surface area contributed by atoms with E-state index in [1.165, 1.54) is 15.7 Å². The Kier molecular flexibility index (Phi) is 9.69. The van der Waals surface area contributed by atoms with Crippen molar-refractivity contribution in [3.8, 4) is 0 Å². The highest BCUT2D eigenvalue weighted by Crippen LogP contribution is 2.54. The summed E-state index contributed by atoms with van der Waals surface area (Å²) >= 11 is 0. The molecular formula is C23H23F9O6S2. The molecule has 40 heavy (non-hydrogen) atoms. The summed E-state index contributed by atoms with van der Waals surface area (Å²) in [4.78, 5) is 13.2. The van der Waals surface area contributed by atoms with Crippen LogP contribution in [0.5, 0.6) is 0 Å². The second-order valence-corrected chi connectivity index (χ2v) is 13.0. The number of benzene rings is 2. The number of halogens is 9. The fourth-order valence-electron chi connectivity index (χ4n) is 3.33. The second kappa shape index (κ2) is 11.5. The average Bonchev–Trinajstić information content (AvgIpc) is 3.24. The summed E-state index contributed by atoms with van der Waals surface area (Å²) < 4.78 is 146. The van der Waals surface area contributed by atoms with Gasteiger partial charge in [0.15, 0.2) is 26.9 Å². The first kappa shape index (κ1) is 33.8.